The number of rotatable bonds is 4. The fourth-order valence-corrected chi connectivity index (χ4v) is 4.91. The first-order chi connectivity index (χ1) is 14.8. The molecule has 0 saturated carbocycles. The van der Waals surface area contributed by atoms with Crippen molar-refractivity contribution in [3.63, 3.8) is 0 Å². The summed E-state index contributed by atoms with van der Waals surface area (Å²) in [5.74, 6) is -0.309. The molecule has 4 rings (SSSR count). The lowest BCUT2D eigenvalue weighted by atomic mass is 10.1. The third-order valence-corrected chi connectivity index (χ3v) is 6.79. The minimum Gasteiger partial charge on any atom is -0.322 e. The number of anilines is 2. The zero-order chi connectivity index (χ0) is 22.0. The zero-order valence-electron chi connectivity index (χ0n) is 16.8. The van der Waals surface area contributed by atoms with Gasteiger partial charge in [0.25, 0.3) is 5.91 Å². The summed E-state index contributed by atoms with van der Waals surface area (Å²) in [7, 11) is -3.53. The molecule has 0 aliphatic carbocycles. The Kier molecular flexibility index (Phi) is 5.95. The van der Waals surface area contributed by atoms with E-state index >= 15 is 0 Å². The number of halogens is 1. The lowest BCUT2D eigenvalue weighted by Gasteiger charge is -2.28. The molecular weight excluding hydrogens is 436 g/mol. The number of aryl methyl sites for hydroxylation is 1. The normalized spacial score (nSPS) is 15.5. The van der Waals surface area contributed by atoms with E-state index in [1.54, 1.807) is 42.5 Å². The largest absolute Gasteiger partial charge is 0.322 e. The van der Waals surface area contributed by atoms with Gasteiger partial charge < -0.3 is 5.32 Å². The van der Waals surface area contributed by atoms with E-state index in [0.29, 0.717) is 35.1 Å². The number of aromatic nitrogens is 1. The first kappa shape index (κ1) is 21.3. The lowest BCUT2D eigenvalue weighted by molar-refractivity contribution is 0.102. The lowest BCUT2D eigenvalue weighted by Crippen LogP contribution is -2.47. The van der Waals surface area contributed by atoms with Gasteiger partial charge in [-0.2, -0.15) is 13.1 Å². The molecule has 1 aromatic heterocycles. The fourth-order valence-electron chi connectivity index (χ4n) is 3.36. The molecule has 3 aromatic rings. The molecule has 1 saturated heterocycles. The fraction of sp³-hybridized carbons (Fsp3) is 0.182. The molecule has 0 radical (unpaired) electrons. The van der Waals surface area contributed by atoms with Crippen LogP contribution in [0.5, 0.6) is 0 Å². The summed E-state index contributed by atoms with van der Waals surface area (Å²) in [6, 6.07) is 17.4. The summed E-state index contributed by atoms with van der Waals surface area (Å²) in [6.07, 6.45) is 0.718. The standard InChI is InChI=1S/C22H21ClN4O3S/c1-15-4-2-5-21(25-15)19-14-17(8-11-20(19)23)26-22(28)16-6-9-18(10-7-16)27-13-3-12-24-31(27,29)30/h2,4-11,14,24H,3,12-13H2,1H3,(H,26,28). The number of carbonyl (C=O) groups excluding carboxylic acids is 1. The molecule has 9 heteroatoms. The van der Waals surface area contributed by atoms with Crippen LogP contribution in [0.2, 0.25) is 5.02 Å². The van der Waals surface area contributed by atoms with Crippen molar-refractivity contribution < 1.29 is 13.2 Å². The Labute approximate surface area is 186 Å². The Hall–Kier alpha value is -2.94. The molecule has 0 spiro atoms. The first-order valence-electron chi connectivity index (χ1n) is 9.76. The molecule has 2 N–H and O–H groups in total. The van der Waals surface area contributed by atoms with Gasteiger partial charge in [0.1, 0.15) is 0 Å². The van der Waals surface area contributed by atoms with Crippen LogP contribution in [0.25, 0.3) is 11.3 Å². The number of hydrogen-bond donors (Lipinski definition) is 2. The number of nitrogens with zero attached hydrogens (tertiary/aromatic N) is 2. The van der Waals surface area contributed by atoms with E-state index in [0.717, 1.165) is 23.4 Å². The Morgan fingerprint density at radius 3 is 2.61 bits per heavy atom. The maximum absolute atomic E-state index is 12.7. The van der Waals surface area contributed by atoms with Crippen LogP contribution < -0.4 is 14.3 Å². The van der Waals surface area contributed by atoms with Gasteiger partial charge in [-0.05, 0) is 67.9 Å². The van der Waals surface area contributed by atoms with E-state index in [1.165, 1.54) is 4.31 Å². The van der Waals surface area contributed by atoms with Crippen LogP contribution in [0.15, 0.2) is 60.7 Å². The van der Waals surface area contributed by atoms with Crippen LogP contribution in [-0.4, -0.2) is 32.4 Å². The number of benzene rings is 2. The molecule has 1 fully saturated rings. The minimum absolute atomic E-state index is 0.309. The van der Waals surface area contributed by atoms with Gasteiger partial charge in [0.2, 0.25) is 0 Å². The molecule has 2 aromatic carbocycles. The van der Waals surface area contributed by atoms with Gasteiger partial charge in [0, 0.05) is 35.6 Å². The van der Waals surface area contributed by atoms with E-state index < -0.39 is 10.2 Å². The quantitative estimate of drug-likeness (QED) is 0.620. The van der Waals surface area contributed by atoms with Crippen LogP contribution >= 0.6 is 11.6 Å². The van der Waals surface area contributed by atoms with Crippen LogP contribution in [-0.2, 0) is 10.2 Å². The van der Waals surface area contributed by atoms with Crippen LogP contribution in [0.4, 0.5) is 11.4 Å². The maximum atomic E-state index is 12.7. The highest BCUT2D eigenvalue weighted by Crippen LogP contribution is 2.30. The van der Waals surface area contributed by atoms with Gasteiger partial charge in [0.05, 0.1) is 16.4 Å². The molecule has 31 heavy (non-hydrogen) atoms. The third-order valence-electron chi connectivity index (χ3n) is 4.92. The van der Waals surface area contributed by atoms with E-state index in [9.17, 15) is 13.2 Å². The van der Waals surface area contributed by atoms with Crippen LogP contribution in [0.3, 0.4) is 0 Å². The average molecular weight is 457 g/mol. The van der Waals surface area contributed by atoms with E-state index in [2.05, 4.69) is 15.0 Å². The van der Waals surface area contributed by atoms with E-state index in [4.69, 9.17) is 11.6 Å². The van der Waals surface area contributed by atoms with Crippen LogP contribution in [0.1, 0.15) is 22.5 Å². The Morgan fingerprint density at radius 2 is 1.90 bits per heavy atom. The predicted octanol–water partition coefficient (Wildman–Crippen LogP) is 4.01. The number of pyridine rings is 1. The zero-order valence-corrected chi connectivity index (χ0v) is 18.4. The molecule has 0 unspecified atom stereocenters. The molecule has 2 heterocycles. The third kappa shape index (κ3) is 4.71. The molecule has 0 atom stereocenters. The molecule has 7 nitrogen and oxygen atoms in total. The van der Waals surface area contributed by atoms with Gasteiger partial charge in [-0.25, -0.2) is 0 Å². The smallest absolute Gasteiger partial charge is 0.301 e. The first-order valence-corrected chi connectivity index (χ1v) is 11.6. The van der Waals surface area contributed by atoms with Crippen molar-refractivity contribution in [1.82, 2.24) is 9.71 Å². The monoisotopic (exact) mass is 456 g/mol. The summed E-state index contributed by atoms with van der Waals surface area (Å²) >= 11 is 6.34. The molecule has 0 bridgehead atoms. The van der Waals surface area contributed by atoms with Gasteiger partial charge in [0.15, 0.2) is 0 Å². The number of nitrogens with one attached hydrogen (secondary N) is 2. The summed E-state index contributed by atoms with van der Waals surface area (Å²) in [4.78, 5) is 17.2. The van der Waals surface area contributed by atoms with Crippen molar-refractivity contribution in [3.05, 3.63) is 76.9 Å². The summed E-state index contributed by atoms with van der Waals surface area (Å²) in [5.41, 5.74) is 3.83. The molecule has 160 valence electrons. The molecule has 1 aliphatic heterocycles. The van der Waals surface area contributed by atoms with Gasteiger partial charge in [-0.15, -0.1) is 0 Å². The van der Waals surface area contributed by atoms with Crippen molar-refractivity contribution in [2.45, 2.75) is 13.3 Å². The number of amides is 1. The van der Waals surface area contributed by atoms with Gasteiger partial charge in [-0.3, -0.25) is 14.1 Å². The second-order valence-corrected chi connectivity index (χ2v) is 9.27. The van der Waals surface area contributed by atoms with E-state index in [-0.39, 0.29) is 5.91 Å². The maximum Gasteiger partial charge on any atom is 0.301 e. The second-order valence-electron chi connectivity index (χ2n) is 7.18. The highest BCUT2D eigenvalue weighted by atomic mass is 35.5. The predicted molar refractivity (Wildman–Crippen MR) is 123 cm³/mol. The van der Waals surface area contributed by atoms with Gasteiger partial charge in [-0.1, -0.05) is 17.7 Å². The van der Waals surface area contributed by atoms with Crippen molar-refractivity contribution >= 4 is 39.1 Å². The topological polar surface area (TPSA) is 91.4 Å². The van der Waals surface area contributed by atoms with Crippen molar-refractivity contribution in [3.8, 4) is 11.3 Å². The highest BCUT2D eigenvalue weighted by Gasteiger charge is 2.25. The average Bonchev–Trinajstić information content (AvgIpc) is 2.75. The molecule has 1 amide bonds. The molecular formula is C22H21ClN4O3S. The Balaban J connectivity index is 1.53. The SMILES string of the molecule is Cc1cccc(-c2cc(NC(=O)c3ccc(N4CCCNS4(=O)=O)cc3)ccc2Cl)n1. The van der Waals surface area contributed by atoms with E-state index in [1.807, 2.05) is 25.1 Å². The Morgan fingerprint density at radius 1 is 1.13 bits per heavy atom. The van der Waals surface area contributed by atoms with Crippen molar-refractivity contribution in [1.29, 1.82) is 0 Å². The summed E-state index contributed by atoms with van der Waals surface area (Å²) in [5, 5.41) is 3.39. The number of hydrogen-bond acceptors (Lipinski definition) is 4. The minimum atomic E-state index is -3.53. The van der Waals surface area contributed by atoms with Crippen molar-refractivity contribution in [2.75, 3.05) is 22.7 Å². The summed E-state index contributed by atoms with van der Waals surface area (Å²) < 4.78 is 28.1. The van der Waals surface area contributed by atoms with Crippen molar-refractivity contribution in [2.24, 2.45) is 0 Å². The highest BCUT2D eigenvalue weighted by molar-refractivity contribution is 7.90. The van der Waals surface area contributed by atoms with Crippen LogP contribution in [0, 0.1) is 6.92 Å². The molecule has 1 aliphatic rings. The number of carbonyl (C=O) groups is 1. The second kappa shape index (κ2) is 8.66. The Bertz CT molecular complexity index is 1230. The summed E-state index contributed by atoms with van der Waals surface area (Å²) in [6.45, 7) is 2.74. The van der Waals surface area contributed by atoms with Gasteiger partial charge >= 0.3 is 10.2 Å².